The van der Waals surface area contributed by atoms with E-state index in [0.29, 0.717) is 32.0 Å². The SMILES string of the molecule is CC1(O)CCC(CC(=O)O)CC1.O=C(O)CC1CCC(=O)CC1.O=C(O)CC1CCC2(CC1)OCCO2. The Hall–Kier alpha value is -2.04. The molecule has 1 spiro atoms. The molecule has 1 aliphatic heterocycles. The number of aliphatic hydroxyl groups is 1. The second-order valence-electron chi connectivity index (χ2n) is 11.3. The van der Waals surface area contributed by atoms with Gasteiger partial charge in [0.25, 0.3) is 0 Å². The molecule has 0 radical (unpaired) electrons. The fourth-order valence-corrected chi connectivity index (χ4v) is 5.56. The molecule has 4 rings (SSSR count). The van der Waals surface area contributed by atoms with Gasteiger partial charge < -0.3 is 29.9 Å². The molecule has 3 saturated carbocycles. The molecule has 1 heterocycles. The lowest BCUT2D eigenvalue weighted by Crippen LogP contribution is -2.35. The van der Waals surface area contributed by atoms with Crippen molar-refractivity contribution in [2.75, 3.05) is 13.2 Å². The van der Waals surface area contributed by atoms with Crippen LogP contribution in [0.15, 0.2) is 0 Å². The minimum Gasteiger partial charge on any atom is -0.481 e. The van der Waals surface area contributed by atoms with E-state index in [-0.39, 0.29) is 42.7 Å². The lowest BCUT2D eigenvalue weighted by molar-refractivity contribution is -0.183. The predicted molar refractivity (Wildman–Crippen MR) is 133 cm³/mol. The standard InChI is InChI=1S/C10H16O4.C9H16O3.C8H12O3/c11-9(12)7-8-1-3-10(4-2-8)13-5-6-14-10;1-9(12)4-2-7(3-5-9)6-8(10)11;9-7-3-1-6(2-4-7)5-8(10)11/h8H,1-7H2,(H,11,12);7,12H,2-6H2,1H3,(H,10,11);6H,1-5H2,(H,10,11). The first kappa shape index (κ1) is 31.2. The monoisotopic (exact) mass is 528 g/mol. The number of carbonyl (C=O) groups excluding carboxylic acids is 1. The van der Waals surface area contributed by atoms with Gasteiger partial charge in [-0.1, -0.05) is 0 Å². The van der Waals surface area contributed by atoms with Crippen LogP contribution in [0, 0.1) is 17.8 Å². The van der Waals surface area contributed by atoms with Gasteiger partial charge in [-0.05, 0) is 76.0 Å². The van der Waals surface area contributed by atoms with Gasteiger partial charge in [0.1, 0.15) is 5.78 Å². The van der Waals surface area contributed by atoms with Crippen LogP contribution in [0.5, 0.6) is 0 Å². The van der Waals surface area contributed by atoms with Crippen molar-refractivity contribution in [2.45, 2.75) is 115 Å². The Morgan fingerprint density at radius 1 is 0.703 bits per heavy atom. The first-order chi connectivity index (χ1) is 17.4. The lowest BCUT2D eigenvalue weighted by atomic mass is 9.79. The quantitative estimate of drug-likeness (QED) is 0.395. The number of ether oxygens (including phenoxy) is 2. The van der Waals surface area contributed by atoms with E-state index in [1.165, 1.54) is 0 Å². The van der Waals surface area contributed by atoms with E-state index < -0.39 is 23.5 Å². The third kappa shape index (κ3) is 12.4. The van der Waals surface area contributed by atoms with Crippen molar-refractivity contribution in [3.05, 3.63) is 0 Å². The number of rotatable bonds is 6. The number of hydrogen-bond acceptors (Lipinski definition) is 7. The molecule has 0 bridgehead atoms. The number of carboxylic acid groups (broad SMARTS) is 3. The Morgan fingerprint density at radius 2 is 1.05 bits per heavy atom. The highest BCUT2D eigenvalue weighted by Crippen LogP contribution is 2.39. The molecule has 0 amide bonds. The highest BCUT2D eigenvalue weighted by molar-refractivity contribution is 5.79. The van der Waals surface area contributed by atoms with E-state index in [9.17, 15) is 24.3 Å². The molecule has 0 unspecified atom stereocenters. The molecule has 4 N–H and O–H groups in total. The summed E-state index contributed by atoms with van der Waals surface area (Å²) in [5, 5.41) is 35.2. The van der Waals surface area contributed by atoms with Gasteiger partial charge >= 0.3 is 17.9 Å². The first-order valence-corrected chi connectivity index (χ1v) is 13.6. The summed E-state index contributed by atoms with van der Waals surface area (Å²) in [6, 6.07) is 0. The number of hydrogen-bond donors (Lipinski definition) is 4. The number of ketones is 1. The van der Waals surface area contributed by atoms with Gasteiger partial charge in [-0.3, -0.25) is 19.2 Å². The fraction of sp³-hybridized carbons (Fsp3) is 0.852. The van der Waals surface area contributed by atoms with Crippen LogP contribution in [0.4, 0.5) is 0 Å². The van der Waals surface area contributed by atoms with Gasteiger partial charge in [0.05, 0.1) is 18.8 Å². The van der Waals surface area contributed by atoms with E-state index in [2.05, 4.69) is 0 Å². The summed E-state index contributed by atoms with van der Waals surface area (Å²) >= 11 is 0. The molecule has 4 aliphatic rings. The summed E-state index contributed by atoms with van der Waals surface area (Å²) in [4.78, 5) is 41.9. The molecule has 1 saturated heterocycles. The van der Waals surface area contributed by atoms with Gasteiger partial charge in [0, 0.05) is 44.9 Å². The van der Waals surface area contributed by atoms with Gasteiger partial charge in [-0.15, -0.1) is 0 Å². The third-order valence-electron chi connectivity index (χ3n) is 7.92. The second-order valence-corrected chi connectivity index (χ2v) is 11.3. The van der Waals surface area contributed by atoms with Crippen molar-refractivity contribution < 1.29 is 49.1 Å². The second kappa shape index (κ2) is 14.8. The number of aliphatic carboxylic acids is 3. The molecule has 10 heteroatoms. The zero-order valence-electron chi connectivity index (χ0n) is 22.0. The molecule has 3 aliphatic carbocycles. The summed E-state index contributed by atoms with van der Waals surface area (Å²) < 4.78 is 11.1. The zero-order valence-corrected chi connectivity index (χ0v) is 22.0. The van der Waals surface area contributed by atoms with Crippen LogP contribution in [0.3, 0.4) is 0 Å². The van der Waals surface area contributed by atoms with Crippen molar-refractivity contribution in [1.29, 1.82) is 0 Å². The molecule has 37 heavy (non-hydrogen) atoms. The molecule has 0 aromatic rings. The average Bonchev–Trinajstić information content (AvgIpc) is 3.27. The highest BCUT2D eigenvalue weighted by Gasteiger charge is 2.40. The van der Waals surface area contributed by atoms with E-state index in [1.807, 2.05) is 6.92 Å². The van der Waals surface area contributed by atoms with Gasteiger partial charge in [0.2, 0.25) is 0 Å². The minimum atomic E-state index is -0.746. The first-order valence-electron chi connectivity index (χ1n) is 13.6. The molecule has 212 valence electrons. The Morgan fingerprint density at radius 3 is 1.43 bits per heavy atom. The highest BCUT2D eigenvalue weighted by atomic mass is 16.7. The molecule has 10 nitrogen and oxygen atoms in total. The molecular formula is C27H44O10. The van der Waals surface area contributed by atoms with Gasteiger partial charge in [-0.2, -0.15) is 0 Å². The van der Waals surface area contributed by atoms with Crippen LogP contribution in [0.2, 0.25) is 0 Å². The summed E-state index contributed by atoms with van der Waals surface area (Å²) in [5.74, 6) is -1.40. The fourth-order valence-electron chi connectivity index (χ4n) is 5.56. The Balaban J connectivity index is 0.000000197. The largest absolute Gasteiger partial charge is 0.481 e. The van der Waals surface area contributed by atoms with Crippen LogP contribution >= 0.6 is 0 Å². The summed E-state index contributed by atoms with van der Waals surface area (Å²) in [7, 11) is 0. The Labute approximate surface area is 218 Å². The maximum absolute atomic E-state index is 10.7. The lowest BCUT2D eigenvalue weighted by Gasteiger charge is -2.34. The third-order valence-corrected chi connectivity index (χ3v) is 7.92. The Kier molecular flexibility index (Phi) is 12.5. The van der Waals surface area contributed by atoms with Gasteiger partial charge in [-0.25, -0.2) is 0 Å². The van der Waals surface area contributed by atoms with Crippen LogP contribution < -0.4 is 0 Å². The molecule has 0 atom stereocenters. The predicted octanol–water partition coefficient (Wildman–Crippen LogP) is 4.02. The zero-order chi connectivity index (χ0) is 27.5. The number of carboxylic acids is 3. The summed E-state index contributed by atoms with van der Waals surface area (Å²) in [5.41, 5.74) is -0.547. The van der Waals surface area contributed by atoms with E-state index in [4.69, 9.17) is 24.8 Å². The maximum atomic E-state index is 10.7. The summed E-state index contributed by atoms with van der Waals surface area (Å²) in [6.45, 7) is 3.19. The minimum absolute atomic E-state index is 0.229. The molecule has 4 fully saturated rings. The van der Waals surface area contributed by atoms with Crippen LogP contribution in [0.25, 0.3) is 0 Å². The van der Waals surface area contributed by atoms with E-state index in [0.717, 1.165) is 64.2 Å². The van der Waals surface area contributed by atoms with E-state index in [1.54, 1.807) is 0 Å². The normalized spacial score (nSPS) is 27.9. The van der Waals surface area contributed by atoms with Crippen molar-refractivity contribution in [3.8, 4) is 0 Å². The summed E-state index contributed by atoms with van der Waals surface area (Å²) in [6.07, 6.45) is 10.2. The van der Waals surface area contributed by atoms with Crippen LogP contribution in [0.1, 0.15) is 103 Å². The number of Topliss-reactive ketones (excluding diaryl/α,β-unsaturated/α-hetero) is 1. The molecular weight excluding hydrogens is 484 g/mol. The molecule has 0 aromatic carbocycles. The van der Waals surface area contributed by atoms with Crippen molar-refractivity contribution in [3.63, 3.8) is 0 Å². The topological polar surface area (TPSA) is 168 Å². The van der Waals surface area contributed by atoms with Crippen molar-refractivity contribution >= 4 is 23.7 Å². The van der Waals surface area contributed by atoms with Crippen LogP contribution in [-0.4, -0.2) is 68.7 Å². The van der Waals surface area contributed by atoms with E-state index >= 15 is 0 Å². The van der Waals surface area contributed by atoms with Crippen molar-refractivity contribution in [2.24, 2.45) is 17.8 Å². The van der Waals surface area contributed by atoms with Gasteiger partial charge in [0.15, 0.2) is 5.79 Å². The average molecular weight is 529 g/mol. The molecule has 0 aromatic heterocycles. The smallest absolute Gasteiger partial charge is 0.303 e. The number of carbonyl (C=O) groups is 4. The van der Waals surface area contributed by atoms with Crippen LogP contribution in [-0.2, 0) is 28.7 Å². The maximum Gasteiger partial charge on any atom is 0.303 e. The Bertz CT molecular complexity index is 741. The van der Waals surface area contributed by atoms with Crippen molar-refractivity contribution in [1.82, 2.24) is 0 Å².